The molecule has 1 aliphatic carbocycles. The summed E-state index contributed by atoms with van der Waals surface area (Å²) in [6, 6.07) is 0.0683. The molecule has 0 bridgehead atoms. The molecule has 1 aromatic heterocycles. The molecule has 1 saturated carbocycles. The third-order valence-corrected chi connectivity index (χ3v) is 6.56. The van der Waals surface area contributed by atoms with Gasteiger partial charge < -0.3 is 19.5 Å². The molecule has 7 heteroatoms. The second-order valence-electron chi connectivity index (χ2n) is 9.54. The van der Waals surface area contributed by atoms with Crippen molar-refractivity contribution < 1.29 is 14.3 Å². The molecule has 1 N–H and O–H groups in total. The fourth-order valence-electron chi connectivity index (χ4n) is 4.76. The van der Waals surface area contributed by atoms with Crippen molar-refractivity contribution in [1.82, 2.24) is 14.8 Å². The lowest BCUT2D eigenvalue weighted by Gasteiger charge is -2.23. The molecule has 0 aromatic carbocycles. The largest absolute Gasteiger partial charge is 0.376 e. The van der Waals surface area contributed by atoms with E-state index in [0.717, 1.165) is 44.1 Å². The van der Waals surface area contributed by atoms with E-state index in [1.54, 1.807) is 21.9 Å². The highest BCUT2D eigenvalue weighted by Gasteiger charge is 2.25. The van der Waals surface area contributed by atoms with E-state index in [1.807, 2.05) is 13.8 Å². The molecule has 33 heavy (non-hydrogen) atoms. The zero-order valence-corrected chi connectivity index (χ0v) is 20.2. The second-order valence-corrected chi connectivity index (χ2v) is 9.54. The lowest BCUT2D eigenvalue weighted by molar-refractivity contribution is 0.0773. The lowest BCUT2D eigenvalue weighted by Crippen LogP contribution is -2.41. The molecule has 0 spiro atoms. The number of ether oxygens (including phenoxy) is 1. The molecule has 1 aromatic rings. The Morgan fingerprint density at radius 1 is 1.09 bits per heavy atom. The number of carbonyl (C=O) groups excluding carboxylic acids is 2. The average molecular weight is 458 g/mol. The first-order valence-corrected chi connectivity index (χ1v) is 12.5. The zero-order chi connectivity index (χ0) is 23.8. The van der Waals surface area contributed by atoms with Crippen molar-refractivity contribution in [2.45, 2.75) is 90.3 Å². The molecule has 1 aliphatic heterocycles. The van der Waals surface area contributed by atoms with E-state index in [0.29, 0.717) is 26.2 Å². The molecule has 1 unspecified atom stereocenters. The van der Waals surface area contributed by atoms with Crippen LogP contribution in [0.2, 0.25) is 0 Å². The fourth-order valence-corrected chi connectivity index (χ4v) is 4.76. The predicted octanol–water partition coefficient (Wildman–Crippen LogP) is 3.91. The highest BCUT2D eigenvalue weighted by Crippen LogP contribution is 2.18. The molecule has 1 saturated heterocycles. The van der Waals surface area contributed by atoms with Gasteiger partial charge in [0.15, 0.2) is 0 Å². The van der Waals surface area contributed by atoms with Gasteiger partial charge in [0.05, 0.1) is 6.10 Å². The SMILES string of the molecule is C=C(C)CN(CC)C(=O)c1cn(CC2CCCO2)cc(C(=O)NC2CCCCCCC2)c1=O. The number of hydrogen-bond acceptors (Lipinski definition) is 4. The Kier molecular flexibility index (Phi) is 9.30. The van der Waals surface area contributed by atoms with E-state index in [4.69, 9.17) is 4.74 Å². The van der Waals surface area contributed by atoms with Gasteiger partial charge in [-0.25, -0.2) is 0 Å². The molecule has 2 aliphatic rings. The van der Waals surface area contributed by atoms with Gasteiger partial charge in [-0.3, -0.25) is 14.4 Å². The maximum Gasteiger partial charge on any atom is 0.259 e. The van der Waals surface area contributed by atoms with Crippen LogP contribution in [0.15, 0.2) is 29.3 Å². The Bertz CT molecular complexity index is 893. The van der Waals surface area contributed by atoms with Crippen LogP contribution in [-0.2, 0) is 11.3 Å². The second kappa shape index (κ2) is 12.2. The minimum Gasteiger partial charge on any atom is -0.376 e. The molecular weight excluding hydrogens is 418 g/mol. The van der Waals surface area contributed by atoms with Crippen molar-refractivity contribution in [3.8, 4) is 0 Å². The molecule has 182 valence electrons. The van der Waals surface area contributed by atoms with Crippen LogP contribution in [0.4, 0.5) is 0 Å². The Morgan fingerprint density at radius 2 is 1.76 bits per heavy atom. The normalized spacial score (nSPS) is 19.5. The number of amides is 2. The van der Waals surface area contributed by atoms with Crippen molar-refractivity contribution >= 4 is 11.8 Å². The molecule has 1 atom stereocenters. The number of carbonyl (C=O) groups is 2. The van der Waals surface area contributed by atoms with Crippen molar-refractivity contribution in [2.24, 2.45) is 0 Å². The smallest absolute Gasteiger partial charge is 0.259 e. The standard InChI is InChI=1S/C26H39N3O4/c1-4-29(15-19(2)3)26(32)23-18-28(16-21-13-10-14-33-21)17-22(24(23)30)25(31)27-20-11-8-6-5-7-9-12-20/h17-18,20-21H,2,4-16H2,1,3H3,(H,27,31). The van der Waals surface area contributed by atoms with Gasteiger partial charge in [0.1, 0.15) is 11.1 Å². The van der Waals surface area contributed by atoms with Gasteiger partial charge in [-0.2, -0.15) is 0 Å². The Balaban J connectivity index is 1.90. The summed E-state index contributed by atoms with van der Waals surface area (Å²) in [5.41, 5.74) is 0.392. The number of pyridine rings is 1. The number of nitrogens with zero attached hydrogens (tertiary/aromatic N) is 2. The first kappa shape index (κ1) is 25.2. The summed E-state index contributed by atoms with van der Waals surface area (Å²) in [5.74, 6) is -0.753. The van der Waals surface area contributed by atoms with Gasteiger partial charge >= 0.3 is 0 Å². The molecule has 7 nitrogen and oxygen atoms in total. The summed E-state index contributed by atoms with van der Waals surface area (Å²) < 4.78 is 7.53. The Labute approximate surface area is 197 Å². The minimum atomic E-state index is -0.507. The van der Waals surface area contributed by atoms with Crippen LogP contribution in [0, 0.1) is 0 Å². The summed E-state index contributed by atoms with van der Waals surface area (Å²) in [6.45, 7) is 9.67. The van der Waals surface area contributed by atoms with Gasteiger partial charge in [-0.1, -0.05) is 44.3 Å². The number of nitrogens with one attached hydrogen (secondary N) is 1. The van der Waals surface area contributed by atoms with Gasteiger partial charge in [0, 0.05) is 44.7 Å². The quantitative estimate of drug-likeness (QED) is 0.600. The van der Waals surface area contributed by atoms with Gasteiger partial charge in [-0.15, -0.1) is 0 Å². The summed E-state index contributed by atoms with van der Waals surface area (Å²) in [5, 5.41) is 3.08. The molecule has 2 fully saturated rings. The van der Waals surface area contributed by atoms with Crippen LogP contribution in [0.5, 0.6) is 0 Å². The van der Waals surface area contributed by atoms with E-state index in [1.165, 1.54) is 19.3 Å². The molecule has 0 radical (unpaired) electrons. The van der Waals surface area contributed by atoms with Gasteiger partial charge in [0.2, 0.25) is 5.43 Å². The van der Waals surface area contributed by atoms with Crippen molar-refractivity contribution in [2.75, 3.05) is 19.7 Å². The number of rotatable bonds is 8. The van der Waals surface area contributed by atoms with E-state index in [9.17, 15) is 14.4 Å². The third kappa shape index (κ3) is 7.03. The summed E-state index contributed by atoms with van der Waals surface area (Å²) >= 11 is 0. The van der Waals surface area contributed by atoms with Crippen LogP contribution in [-0.4, -0.2) is 53.1 Å². The van der Waals surface area contributed by atoms with Gasteiger partial charge in [-0.05, 0) is 39.5 Å². The molecule has 2 amide bonds. The van der Waals surface area contributed by atoms with E-state index in [2.05, 4.69) is 11.9 Å². The number of hydrogen-bond donors (Lipinski definition) is 1. The maximum atomic E-state index is 13.3. The van der Waals surface area contributed by atoms with Crippen molar-refractivity contribution in [1.29, 1.82) is 0 Å². The highest BCUT2D eigenvalue weighted by atomic mass is 16.5. The van der Waals surface area contributed by atoms with E-state index >= 15 is 0 Å². The lowest BCUT2D eigenvalue weighted by atomic mass is 9.96. The van der Waals surface area contributed by atoms with E-state index < -0.39 is 5.43 Å². The minimum absolute atomic E-state index is 0.0228. The number of likely N-dealkylation sites (N-methyl/N-ethyl adjacent to an activating group) is 1. The van der Waals surface area contributed by atoms with Crippen LogP contribution < -0.4 is 10.7 Å². The maximum absolute atomic E-state index is 13.3. The first-order chi connectivity index (χ1) is 15.9. The van der Waals surface area contributed by atoms with Crippen LogP contribution in [0.1, 0.15) is 92.4 Å². The zero-order valence-electron chi connectivity index (χ0n) is 20.2. The summed E-state index contributed by atoms with van der Waals surface area (Å²) in [4.78, 5) is 41.4. The highest BCUT2D eigenvalue weighted by molar-refractivity contribution is 5.99. The van der Waals surface area contributed by atoms with Crippen LogP contribution in [0.25, 0.3) is 0 Å². The first-order valence-electron chi connectivity index (χ1n) is 12.5. The van der Waals surface area contributed by atoms with E-state index in [-0.39, 0.29) is 35.1 Å². The summed E-state index contributed by atoms with van der Waals surface area (Å²) in [6.07, 6.45) is 12.7. The Hall–Kier alpha value is -2.41. The van der Waals surface area contributed by atoms with Crippen LogP contribution >= 0.6 is 0 Å². The van der Waals surface area contributed by atoms with Gasteiger partial charge in [0.25, 0.3) is 11.8 Å². The Morgan fingerprint density at radius 3 is 2.36 bits per heavy atom. The average Bonchev–Trinajstić information content (AvgIpc) is 3.27. The topological polar surface area (TPSA) is 80.6 Å². The molecule has 3 rings (SSSR count). The van der Waals surface area contributed by atoms with Crippen molar-refractivity contribution in [3.63, 3.8) is 0 Å². The molecular formula is C26H39N3O4. The van der Waals surface area contributed by atoms with Crippen LogP contribution in [0.3, 0.4) is 0 Å². The number of aromatic nitrogens is 1. The fraction of sp³-hybridized carbons (Fsp3) is 0.654. The third-order valence-electron chi connectivity index (χ3n) is 6.56. The predicted molar refractivity (Wildman–Crippen MR) is 130 cm³/mol. The monoisotopic (exact) mass is 457 g/mol. The summed E-state index contributed by atoms with van der Waals surface area (Å²) in [7, 11) is 0. The van der Waals surface area contributed by atoms with Crippen molar-refractivity contribution in [3.05, 3.63) is 45.9 Å². The molecule has 2 heterocycles.